The zero-order valence-electron chi connectivity index (χ0n) is 17.7. The number of carbonyl (C=O) groups is 1. The zero-order valence-corrected chi connectivity index (χ0v) is 17.7. The predicted octanol–water partition coefficient (Wildman–Crippen LogP) is 3.01. The highest BCUT2D eigenvalue weighted by Gasteiger charge is 2.23. The van der Waals surface area contributed by atoms with Crippen LogP contribution in [0, 0.1) is 24.0 Å². The number of nitrogens with zero attached hydrogens (tertiary/aromatic N) is 5. The fourth-order valence-electron chi connectivity index (χ4n) is 3.95. The van der Waals surface area contributed by atoms with Crippen molar-refractivity contribution in [3.05, 3.63) is 81.1 Å². The third-order valence-electron chi connectivity index (χ3n) is 5.68. The van der Waals surface area contributed by atoms with Gasteiger partial charge in [-0.05, 0) is 43.7 Å². The summed E-state index contributed by atoms with van der Waals surface area (Å²) in [6.07, 6.45) is 1.68. The van der Waals surface area contributed by atoms with E-state index in [0.29, 0.717) is 36.6 Å². The molecule has 0 bridgehead atoms. The maximum Gasteiger partial charge on any atom is 0.312 e. The Morgan fingerprint density at radius 1 is 1.10 bits per heavy atom. The lowest BCUT2D eigenvalue weighted by Gasteiger charge is -2.34. The summed E-state index contributed by atoms with van der Waals surface area (Å²) in [5.41, 5.74) is 2.55. The molecule has 2 aromatic heterocycles. The lowest BCUT2D eigenvalue weighted by molar-refractivity contribution is -0.386. The number of rotatable bonds is 6. The van der Waals surface area contributed by atoms with Gasteiger partial charge in [-0.25, -0.2) is 0 Å². The molecule has 1 saturated heterocycles. The third-order valence-corrected chi connectivity index (χ3v) is 5.68. The van der Waals surface area contributed by atoms with Gasteiger partial charge in [0.25, 0.3) is 5.91 Å². The Balaban J connectivity index is 1.36. The number of hydrogen-bond acceptors (Lipinski definition) is 6. The van der Waals surface area contributed by atoms with Crippen LogP contribution in [0.15, 0.2) is 47.1 Å². The lowest BCUT2D eigenvalue weighted by Crippen LogP contribution is -2.48. The summed E-state index contributed by atoms with van der Waals surface area (Å²) in [6.45, 7) is 7.48. The normalized spacial score (nSPS) is 14.7. The van der Waals surface area contributed by atoms with E-state index in [9.17, 15) is 14.9 Å². The van der Waals surface area contributed by atoms with Crippen LogP contribution in [0.4, 0.5) is 5.69 Å². The van der Waals surface area contributed by atoms with Crippen molar-refractivity contribution in [1.82, 2.24) is 19.6 Å². The number of piperazine rings is 1. The van der Waals surface area contributed by atoms with Crippen molar-refractivity contribution in [3.63, 3.8) is 0 Å². The number of hydrogen-bond donors (Lipinski definition) is 0. The topological polar surface area (TPSA) is 97.7 Å². The molecule has 0 N–H and O–H groups in total. The van der Waals surface area contributed by atoms with E-state index < -0.39 is 4.92 Å². The second-order valence-electron chi connectivity index (χ2n) is 7.78. The van der Waals surface area contributed by atoms with Gasteiger partial charge >= 0.3 is 5.69 Å². The highest BCUT2D eigenvalue weighted by Crippen LogP contribution is 2.22. The molecule has 0 spiro atoms. The van der Waals surface area contributed by atoms with E-state index in [0.717, 1.165) is 31.0 Å². The number of nitro groups is 1. The quantitative estimate of drug-likeness (QED) is 0.447. The first kappa shape index (κ1) is 20.8. The number of amides is 1. The van der Waals surface area contributed by atoms with E-state index in [4.69, 9.17) is 4.42 Å². The molecule has 1 aliphatic heterocycles. The van der Waals surface area contributed by atoms with E-state index in [1.165, 1.54) is 0 Å². The Hall–Kier alpha value is -3.46. The first-order chi connectivity index (χ1) is 14.9. The average molecular weight is 423 g/mol. The van der Waals surface area contributed by atoms with E-state index >= 15 is 0 Å². The van der Waals surface area contributed by atoms with E-state index in [-0.39, 0.29) is 11.6 Å². The van der Waals surface area contributed by atoms with Crippen LogP contribution in [0.5, 0.6) is 0 Å². The SMILES string of the molecule is Cc1nn(Cc2ccc(C(=O)N3CCN(Cc4ccco4)CC3)cc2)c(C)c1[N+](=O)[O-]. The highest BCUT2D eigenvalue weighted by molar-refractivity contribution is 5.94. The summed E-state index contributed by atoms with van der Waals surface area (Å²) in [6, 6.07) is 11.2. The van der Waals surface area contributed by atoms with Crippen molar-refractivity contribution in [2.75, 3.05) is 26.2 Å². The maximum atomic E-state index is 12.9. The highest BCUT2D eigenvalue weighted by atomic mass is 16.6. The lowest BCUT2D eigenvalue weighted by atomic mass is 10.1. The summed E-state index contributed by atoms with van der Waals surface area (Å²) in [4.78, 5) is 27.8. The van der Waals surface area contributed by atoms with Gasteiger partial charge < -0.3 is 9.32 Å². The standard InChI is InChI=1S/C22H25N5O4/c1-16-21(27(29)30)17(2)26(23-16)14-18-5-7-19(8-6-18)22(28)25-11-9-24(10-12-25)15-20-4-3-13-31-20/h3-8,13H,9-12,14-15H2,1-2H3. The molecule has 162 valence electrons. The smallest absolute Gasteiger partial charge is 0.312 e. The van der Waals surface area contributed by atoms with Gasteiger partial charge in [0.2, 0.25) is 0 Å². The van der Waals surface area contributed by atoms with E-state index in [1.807, 2.05) is 41.3 Å². The zero-order chi connectivity index (χ0) is 22.0. The van der Waals surface area contributed by atoms with Crippen LogP contribution >= 0.6 is 0 Å². The molecule has 9 nitrogen and oxygen atoms in total. The maximum absolute atomic E-state index is 12.9. The van der Waals surface area contributed by atoms with Crippen LogP contribution in [0.25, 0.3) is 0 Å². The molecule has 0 atom stereocenters. The van der Waals surface area contributed by atoms with Crippen molar-refractivity contribution in [1.29, 1.82) is 0 Å². The number of benzene rings is 1. The largest absolute Gasteiger partial charge is 0.468 e. The number of furan rings is 1. The van der Waals surface area contributed by atoms with Gasteiger partial charge in [-0.15, -0.1) is 0 Å². The molecule has 1 amide bonds. The molecule has 3 aromatic rings. The van der Waals surface area contributed by atoms with Crippen LogP contribution in [-0.4, -0.2) is 56.6 Å². The minimum Gasteiger partial charge on any atom is -0.468 e. The average Bonchev–Trinajstić information content (AvgIpc) is 3.36. The third kappa shape index (κ3) is 4.51. The van der Waals surface area contributed by atoms with Crippen LogP contribution in [-0.2, 0) is 13.1 Å². The molecule has 0 unspecified atom stereocenters. The molecule has 9 heteroatoms. The van der Waals surface area contributed by atoms with E-state index in [2.05, 4.69) is 10.00 Å². The van der Waals surface area contributed by atoms with Crippen molar-refractivity contribution in [3.8, 4) is 0 Å². The molecule has 3 heterocycles. The molecule has 4 rings (SSSR count). The molecule has 0 aliphatic carbocycles. The van der Waals surface area contributed by atoms with Crippen molar-refractivity contribution < 1.29 is 14.1 Å². The summed E-state index contributed by atoms with van der Waals surface area (Å²) >= 11 is 0. The van der Waals surface area contributed by atoms with Gasteiger partial charge in [0, 0.05) is 31.7 Å². The minimum atomic E-state index is -0.399. The van der Waals surface area contributed by atoms with Gasteiger partial charge in [0.1, 0.15) is 17.1 Å². The Kier molecular flexibility index (Phi) is 5.85. The fraction of sp³-hybridized carbons (Fsp3) is 0.364. The Bertz CT molecular complexity index is 1060. The molecule has 1 aliphatic rings. The van der Waals surface area contributed by atoms with Crippen LogP contribution in [0.1, 0.15) is 33.1 Å². The van der Waals surface area contributed by atoms with Crippen molar-refractivity contribution in [2.24, 2.45) is 0 Å². The summed E-state index contributed by atoms with van der Waals surface area (Å²) in [5.74, 6) is 0.953. The molecular weight excluding hydrogens is 398 g/mol. The summed E-state index contributed by atoms with van der Waals surface area (Å²) in [5, 5.41) is 15.5. The number of aryl methyl sites for hydroxylation is 1. The van der Waals surface area contributed by atoms with Gasteiger partial charge in [0.05, 0.1) is 24.3 Å². The summed E-state index contributed by atoms with van der Waals surface area (Å²) in [7, 11) is 0. The fourth-order valence-corrected chi connectivity index (χ4v) is 3.95. The molecule has 1 fully saturated rings. The summed E-state index contributed by atoms with van der Waals surface area (Å²) < 4.78 is 7.03. The van der Waals surface area contributed by atoms with Crippen LogP contribution < -0.4 is 0 Å². The van der Waals surface area contributed by atoms with E-state index in [1.54, 1.807) is 24.8 Å². The number of aromatic nitrogens is 2. The molecule has 31 heavy (non-hydrogen) atoms. The van der Waals surface area contributed by atoms with Crippen molar-refractivity contribution >= 4 is 11.6 Å². The second kappa shape index (κ2) is 8.73. The first-order valence-corrected chi connectivity index (χ1v) is 10.2. The molecule has 1 aromatic carbocycles. The first-order valence-electron chi connectivity index (χ1n) is 10.2. The predicted molar refractivity (Wildman–Crippen MR) is 114 cm³/mol. The monoisotopic (exact) mass is 423 g/mol. The second-order valence-corrected chi connectivity index (χ2v) is 7.78. The van der Waals surface area contributed by atoms with Gasteiger partial charge in [-0.1, -0.05) is 12.1 Å². The van der Waals surface area contributed by atoms with Crippen LogP contribution in [0.2, 0.25) is 0 Å². The Morgan fingerprint density at radius 2 is 1.81 bits per heavy atom. The van der Waals surface area contributed by atoms with Gasteiger partial charge in [-0.2, -0.15) is 5.10 Å². The molecule has 0 radical (unpaired) electrons. The molecule has 0 saturated carbocycles. The van der Waals surface area contributed by atoms with Crippen LogP contribution in [0.3, 0.4) is 0 Å². The van der Waals surface area contributed by atoms with Gasteiger partial charge in [-0.3, -0.25) is 24.5 Å². The minimum absolute atomic E-state index is 0.0194. The molecular formula is C22H25N5O4. The number of carbonyl (C=O) groups excluding carboxylic acids is 1. The Labute approximate surface area is 180 Å². The van der Waals surface area contributed by atoms with Crippen molar-refractivity contribution in [2.45, 2.75) is 26.9 Å². The van der Waals surface area contributed by atoms with Gasteiger partial charge in [0.15, 0.2) is 0 Å². The Morgan fingerprint density at radius 3 is 2.39 bits per heavy atom.